The van der Waals surface area contributed by atoms with E-state index < -0.39 is 0 Å². The first-order chi connectivity index (χ1) is 10.1. The van der Waals surface area contributed by atoms with E-state index in [1.807, 2.05) is 50.2 Å². The average molecular weight is 306 g/mol. The van der Waals surface area contributed by atoms with E-state index >= 15 is 0 Å². The summed E-state index contributed by atoms with van der Waals surface area (Å²) in [4.78, 5) is 0. The van der Waals surface area contributed by atoms with Crippen molar-refractivity contribution in [2.45, 2.75) is 20.3 Å². The zero-order valence-corrected chi connectivity index (χ0v) is 13.1. The van der Waals surface area contributed by atoms with E-state index in [1.54, 1.807) is 0 Å². The molecule has 0 radical (unpaired) electrons. The van der Waals surface area contributed by atoms with Gasteiger partial charge in [-0.25, -0.2) is 0 Å². The van der Waals surface area contributed by atoms with Crippen molar-refractivity contribution in [1.82, 2.24) is 0 Å². The largest absolute Gasteiger partial charge is 0.493 e. The van der Waals surface area contributed by atoms with Gasteiger partial charge in [0.15, 0.2) is 0 Å². The van der Waals surface area contributed by atoms with Gasteiger partial charge in [0.05, 0.1) is 18.9 Å². The van der Waals surface area contributed by atoms with Crippen molar-refractivity contribution >= 4 is 17.3 Å². The number of nitrogens with two attached hydrogens (primary N) is 1. The van der Waals surface area contributed by atoms with E-state index in [4.69, 9.17) is 26.8 Å². The Morgan fingerprint density at radius 3 is 2.29 bits per heavy atom. The number of halogens is 1. The third-order valence-corrected chi connectivity index (χ3v) is 3.74. The molecule has 0 fully saturated rings. The molecule has 0 aromatic heterocycles. The first-order valence-corrected chi connectivity index (χ1v) is 7.32. The van der Waals surface area contributed by atoms with Crippen LogP contribution in [-0.2, 0) is 0 Å². The van der Waals surface area contributed by atoms with Gasteiger partial charge in [-0.1, -0.05) is 23.7 Å². The van der Waals surface area contributed by atoms with Gasteiger partial charge in [0.1, 0.15) is 11.5 Å². The summed E-state index contributed by atoms with van der Waals surface area (Å²) < 4.78 is 11.3. The van der Waals surface area contributed by atoms with E-state index in [1.165, 1.54) is 0 Å². The lowest BCUT2D eigenvalue weighted by atomic mass is 10.1. The second-order valence-corrected chi connectivity index (χ2v) is 5.34. The molecule has 2 N–H and O–H groups in total. The second kappa shape index (κ2) is 7.23. The van der Waals surface area contributed by atoms with Crippen LogP contribution in [0.3, 0.4) is 0 Å². The van der Waals surface area contributed by atoms with E-state index in [-0.39, 0.29) is 0 Å². The molecule has 0 heterocycles. The van der Waals surface area contributed by atoms with Crippen molar-refractivity contribution in [3.05, 3.63) is 52.5 Å². The van der Waals surface area contributed by atoms with Crippen LogP contribution in [0, 0.1) is 13.8 Å². The van der Waals surface area contributed by atoms with Crippen LogP contribution in [-0.4, -0.2) is 13.2 Å². The maximum atomic E-state index is 6.13. The maximum Gasteiger partial charge on any atom is 0.142 e. The fourth-order valence-electron chi connectivity index (χ4n) is 2.03. The summed E-state index contributed by atoms with van der Waals surface area (Å²) in [6, 6.07) is 11.4. The molecule has 0 bridgehead atoms. The van der Waals surface area contributed by atoms with Crippen LogP contribution in [0.15, 0.2) is 36.4 Å². The molecule has 2 aromatic rings. The highest BCUT2D eigenvalue weighted by Gasteiger charge is 2.04. The smallest absolute Gasteiger partial charge is 0.142 e. The number of aryl methyl sites for hydroxylation is 2. The van der Waals surface area contributed by atoms with Crippen molar-refractivity contribution in [3.8, 4) is 11.5 Å². The van der Waals surface area contributed by atoms with Crippen LogP contribution in [0.2, 0.25) is 5.02 Å². The van der Waals surface area contributed by atoms with Crippen LogP contribution in [0.1, 0.15) is 17.5 Å². The number of anilines is 1. The van der Waals surface area contributed by atoms with E-state index in [0.29, 0.717) is 18.9 Å². The maximum absolute atomic E-state index is 6.13. The highest BCUT2D eigenvalue weighted by molar-refractivity contribution is 6.32. The molecule has 0 aliphatic heterocycles. The van der Waals surface area contributed by atoms with Gasteiger partial charge in [0.25, 0.3) is 0 Å². The Morgan fingerprint density at radius 2 is 1.62 bits per heavy atom. The third-order valence-electron chi connectivity index (χ3n) is 3.14. The van der Waals surface area contributed by atoms with Gasteiger partial charge in [-0.3, -0.25) is 0 Å². The SMILES string of the molecule is Cc1cc(OCCCOc2ccccc2N)cc(C)c1Cl. The Hall–Kier alpha value is -1.87. The van der Waals surface area contributed by atoms with Gasteiger partial charge in [-0.15, -0.1) is 0 Å². The molecule has 21 heavy (non-hydrogen) atoms. The molecule has 0 saturated carbocycles. The van der Waals surface area contributed by atoms with Crippen LogP contribution in [0.5, 0.6) is 11.5 Å². The summed E-state index contributed by atoms with van der Waals surface area (Å²) in [5.41, 5.74) is 8.52. The van der Waals surface area contributed by atoms with Crippen molar-refractivity contribution in [2.75, 3.05) is 18.9 Å². The fraction of sp³-hybridized carbons (Fsp3) is 0.294. The molecule has 0 saturated heterocycles. The number of ether oxygens (including phenoxy) is 2. The van der Waals surface area contributed by atoms with Crippen LogP contribution in [0.4, 0.5) is 5.69 Å². The molecule has 4 heteroatoms. The summed E-state index contributed by atoms with van der Waals surface area (Å²) in [6.07, 6.45) is 0.787. The van der Waals surface area contributed by atoms with Crippen molar-refractivity contribution in [3.63, 3.8) is 0 Å². The number of nitrogen functional groups attached to an aromatic ring is 1. The quantitative estimate of drug-likeness (QED) is 0.636. The predicted octanol–water partition coefficient (Wildman–Crippen LogP) is 4.39. The molecule has 2 aromatic carbocycles. The Morgan fingerprint density at radius 1 is 1.00 bits per heavy atom. The summed E-state index contributed by atoms with van der Waals surface area (Å²) >= 11 is 6.13. The minimum Gasteiger partial charge on any atom is -0.493 e. The molecule has 0 aliphatic carbocycles. The molecule has 0 atom stereocenters. The summed E-state index contributed by atoms with van der Waals surface area (Å²) in [5.74, 6) is 1.56. The first kappa shape index (κ1) is 15.5. The van der Waals surface area contributed by atoms with Gasteiger partial charge in [0, 0.05) is 11.4 Å². The lowest BCUT2D eigenvalue weighted by Crippen LogP contribution is -2.06. The zero-order valence-electron chi connectivity index (χ0n) is 12.4. The first-order valence-electron chi connectivity index (χ1n) is 6.95. The number of benzene rings is 2. The topological polar surface area (TPSA) is 44.5 Å². The molecule has 0 unspecified atom stereocenters. The molecule has 0 spiro atoms. The lowest BCUT2D eigenvalue weighted by Gasteiger charge is -2.11. The average Bonchev–Trinajstić information content (AvgIpc) is 2.46. The Balaban J connectivity index is 1.77. The third kappa shape index (κ3) is 4.30. The standard InChI is InChI=1S/C17H20ClNO2/c1-12-10-14(11-13(2)17(12)18)20-8-5-9-21-16-7-4-3-6-15(16)19/h3-4,6-7,10-11H,5,8-9,19H2,1-2H3. The molecule has 112 valence electrons. The number of rotatable bonds is 6. The number of para-hydroxylation sites is 2. The summed E-state index contributed by atoms with van der Waals surface area (Å²) in [5, 5.41) is 0.797. The molecular formula is C17H20ClNO2. The normalized spacial score (nSPS) is 10.4. The van der Waals surface area contributed by atoms with Gasteiger partial charge in [0.2, 0.25) is 0 Å². The molecule has 2 rings (SSSR count). The summed E-state index contributed by atoms with van der Waals surface area (Å²) in [7, 11) is 0. The van der Waals surface area contributed by atoms with Crippen LogP contribution >= 0.6 is 11.6 Å². The Labute approximate surface area is 130 Å². The monoisotopic (exact) mass is 305 g/mol. The van der Waals surface area contributed by atoms with Crippen LogP contribution in [0.25, 0.3) is 0 Å². The van der Waals surface area contributed by atoms with Gasteiger partial charge in [-0.2, -0.15) is 0 Å². The molecule has 3 nitrogen and oxygen atoms in total. The van der Waals surface area contributed by atoms with E-state index in [9.17, 15) is 0 Å². The minimum absolute atomic E-state index is 0.569. The fourth-order valence-corrected chi connectivity index (χ4v) is 2.14. The molecule has 0 aliphatic rings. The van der Waals surface area contributed by atoms with E-state index in [0.717, 1.165) is 34.1 Å². The lowest BCUT2D eigenvalue weighted by molar-refractivity contribution is 0.248. The highest BCUT2D eigenvalue weighted by atomic mass is 35.5. The predicted molar refractivity (Wildman–Crippen MR) is 87.4 cm³/mol. The second-order valence-electron chi connectivity index (χ2n) is 4.96. The van der Waals surface area contributed by atoms with Crippen molar-refractivity contribution in [2.24, 2.45) is 0 Å². The van der Waals surface area contributed by atoms with Crippen molar-refractivity contribution < 1.29 is 9.47 Å². The van der Waals surface area contributed by atoms with E-state index in [2.05, 4.69) is 0 Å². The number of hydrogen-bond acceptors (Lipinski definition) is 3. The minimum atomic E-state index is 0.569. The van der Waals surface area contributed by atoms with Crippen LogP contribution < -0.4 is 15.2 Å². The Bertz CT molecular complexity index is 590. The van der Waals surface area contributed by atoms with Gasteiger partial charge in [-0.05, 0) is 49.2 Å². The highest BCUT2D eigenvalue weighted by Crippen LogP contribution is 2.26. The number of hydrogen-bond donors (Lipinski definition) is 1. The van der Waals surface area contributed by atoms with Gasteiger partial charge >= 0.3 is 0 Å². The van der Waals surface area contributed by atoms with Gasteiger partial charge < -0.3 is 15.2 Å². The molecule has 0 amide bonds. The van der Waals surface area contributed by atoms with Crippen molar-refractivity contribution in [1.29, 1.82) is 0 Å². The molecular weight excluding hydrogens is 286 g/mol. The zero-order chi connectivity index (χ0) is 15.2. The summed E-state index contributed by atoms with van der Waals surface area (Å²) in [6.45, 7) is 5.11. The Kier molecular flexibility index (Phi) is 5.34.